The van der Waals surface area contributed by atoms with Crippen LogP contribution in [0, 0.1) is 24.1 Å². The molecule has 20 heavy (non-hydrogen) atoms. The fraction of sp³-hybridized carbons (Fsp3) is 0.235. The molecule has 102 valence electrons. The lowest BCUT2D eigenvalue weighted by atomic mass is 9.98. The van der Waals surface area contributed by atoms with Gasteiger partial charge in [-0.05, 0) is 42.2 Å². The van der Waals surface area contributed by atoms with Gasteiger partial charge in [0.05, 0.1) is 5.56 Å². The number of benzene rings is 2. The van der Waals surface area contributed by atoms with E-state index in [0.29, 0.717) is 11.6 Å². The zero-order valence-corrected chi connectivity index (χ0v) is 11.9. The molecule has 0 aliphatic rings. The number of nitriles is 1. The first-order chi connectivity index (χ1) is 9.52. The summed E-state index contributed by atoms with van der Waals surface area (Å²) < 4.78 is 13.7. The highest BCUT2D eigenvalue weighted by Gasteiger charge is 2.10. The second-order valence-electron chi connectivity index (χ2n) is 5.13. The van der Waals surface area contributed by atoms with Gasteiger partial charge < -0.3 is 5.32 Å². The summed E-state index contributed by atoms with van der Waals surface area (Å²) in [4.78, 5) is 0. The minimum atomic E-state index is -0.503. The third kappa shape index (κ3) is 2.80. The molecular weight excluding hydrogens is 251 g/mol. The van der Waals surface area contributed by atoms with E-state index in [1.807, 2.05) is 25.1 Å². The zero-order valence-electron chi connectivity index (χ0n) is 11.9. The second-order valence-corrected chi connectivity index (χ2v) is 5.13. The highest BCUT2D eigenvalue weighted by atomic mass is 19.1. The Bertz CT molecular complexity index is 669. The summed E-state index contributed by atoms with van der Waals surface area (Å²) in [5, 5.41) is 12.0. The summed E-state index contributed by atoms with van der Waals surface area (Å²) in [5.74, 6) is -0.127. The molecule has 0 saturated heterocycles. The lowest BCUT2D eigenvalue weighted by molar-refractivity contribution is 0.624. The molecular formula is C17H17FN2. The average molecular weight is 268 g/mol. The summed E-state index contributed by atoms with van der Waals surface area (Å²) in [6.07, 6.45) is 0. The number of hydrogen-bond acceptors (Lipinski definition) is 2. The second kappa shape index (κ2) is 5.75. The maximum Gasteiger partial charge on any atom is 0.143 e. The normalized spacial score (nSPS) is 10.4. The van der Waals surface area contributed by atoms with Crippen LogP contribution in [-0.4, -0.2) is 0 Å². The van der Waals surface area contributed by atoms with Crippen molar-refractivity contribution in [3.63, 3.8) is 0 Å². The van der Waals surface area contributed by atoms with E-state index in [0.717, 1.165) is 11.3 Å². The van der Waals surface area contributed by atoms with Crippen molar-refractivity contribution < 1.29 is 4.39 Å². The first-order valence-electron chi connectivity index (χ1n) is 6.59. The van der Waals surface area contributed by atoms with Crippen LogP contribution in [0.1, 0.15) is 36.5 Å². The van der Waals surface area contributed by atoms with Gasteiger partial charge in [0, 0.05) is 11.4 Å². The van der Waals surface area contributed by atoms with Crippen molar-refractivity contribution in [3.05, 3.63) is 58.9 Å². The molecule has 0 radical (unpaired) electrons. The van der Waals surface area contributed by atoms with Gasteiger partial charge in [0.25, 0.3) is 0 Å². The number of para-hydroxylation sites is 1. The number of anilines is 2. The SMILES string of the molecule is Cc1cccc(C(C)C)c1Nc1ccc(C#N)c(F)c1. The molecule has 0 amide bonds. The maximum atomic E-state index is 13.7. The third-order valence-corrected chi connectivity index (χ3v) is 3.29. The molecule has 0 spiro atoms. The summed E-state index contributed by atoms with van der Waals surface area (Å²) in [6.45, 7) is 6.27. The van der Waals surface area contributed by atoms with E-state index in [9.17, 15) is 4.39 Å². The molecule has 2 aromatic carbocycles. The molecule has 0 aliphatic carbocycles. The quantitative estimate of drug-likeness (QED) is 0.861. The molecule has 0 saturated carbocycles. The molecule has 1 N–H and O–H groups in total. The Balaban J connectivity index is 2.40. The Labute approximate surface area is 118 Å². The van der Waals surface area contributed by atoms with E-state index < -0.39 is 5.82 Å². The van der Waals surface area contributed by atoms with Crippen LogP contribution in [-0.2, 0) is 0 Å². The van der Waals surface area contributed by atoms with Crippen molar-refractivity contribution in [3.8, 4) is 6.07 Å². The van der Waals surface area contributed by atoms with Gasteiger partial charge in [0.2, 0.25) is 0 Å². The molecule has 0 bridgehead atoms. The van der Waals surface area contributed by atoms with Crippen molar-refractivity contribution >= 4 is 11.4 Å². The molecule has 0 fully saturated rings. The Kier molecular flexibility index (Phi) is 4.05. The largest absolute Gasteiger partial charge is 0.355 e. The average Bonchev–Trinajstić information content (AvgIpc) is 2.41. The number of nitrogens with one attached hydrogen (secondary N) is 1. The fourth-order valence-corrected chi connectivity index (χ4v) is 2.17. The molecule has 0 atom stereocenters. The predicted molar refractivity (Wildman–Crippen MR) is 79.7 cm³/mol. The molecule has 0 unspecified atom stereocenters. The molecule has 0 aliphatic heterocycles. The fourth-order valence-electron chi connectivity index (χ4n) is 2.17. The summed E-state index contributed by atoms with van der Waals surface area (Å²) in [6, 6.07) is 12.5. The summed E-state index contributed by atoms with van der Waals surface area (Å²) in [7, 11) is 0. The van der Waals surface area contributed by atoms with Crippen LogP contribution in [0.3, 0.4) is 0 Å². The molecule has 2 rings (SSSR count). The number of rotatable bonds is 3. The van der Waals surface area contributed by atoms with Gasteiger partial charge in [-0.1, -0.05) is 32.0 Å². The molecule has 2 aromatic rings. The van der Waals surface area contributed by atoms with Gasteiger partial charge >= 0.3 is 0 Å². The number of hydrogen-bond donors (Lipinski definition) is 1. The monoisotopic (exact) mass is 268 g/mol. The molecule has 2 nitrogen and oxygen atoms in total. The Morgan fingerprint density at radius 3 is 2.55 bits per heavy atom. The van der Waals surface area contributed by atoms with Crippen LogP contribution in [0.25, 0.3) is 0 Å². The Morgan fingerprint density at radius 2 is 1.95 bits per heavy atom. The standard InChI is InChI=1S/C17H17FN2/c1-11(2)15-6-4-5-12(3)17(15)20-14-8-7-13(10-19)16(18)9-14/h4-9,11,20H,1-3H3. The Hall–Kier alpha value is -2.34. The van der Waals surface area contributed by atoms with Gasteiger partial charge in [-0.3, -0.25) is 0 Å². The first-order valence-corrected chi connectivity index (χ1v) is 6.59. The predicted octanol–water partition coefficient (Wildman–Crippen LogP) is 4.87. The van der Waals surface area contributed by atoms with Crippen LogP contribution in [0.15, 0.2) is 36.4 Å². The van der Waals surface area contributed by atoms with Gasteiger partial charge in [-0.15, -0.1) is 0 Å². The van der Waals surface area contributed by atoms with Crippen molar-refractivity contribution in [1.82, 2.24) is 0 Å². The van der Waals surface area contributed by atoms with Crippen LogP contribution in [0.4, 0.5) is 15.8 Å². The van der Waals surface area contributed by atoms with Gasteiger partial charge in [-0.2, -0.15) is 5.26 Å². The first kappa shape index (κ1) is 14.1. The van der Waals surface area contributed by atoms with Crippen LogP contribution >= 0.6 is 0 Å². The van der Waals surface area contributed by atoms with Crippen molar-refractivity contribution in [1.29, 1.82) is 5.26 Å². The topological polar surface area (TPSA) is 35.8 Å². The molecule has 3 heteroatoms. The summed E-state index contributed by atoms with van der Waals surface area (Å²) >= 11 is 0. The van der Waals surface area contributed by atoms with Crippen molar-refractivity contribution in [2.45, 2.75) is 26.7 Å². The lowest BCUT2D eigenvalue weighted by Gasteiger charge is -2.17. The minimum Gasteiger partial charge on any atom is -0.355 e. The summed E-state index contributed by atoms with van der Waals surface area (Å²) in [5.41, 5.74) is 4.02. The molecule has 0 aromatic heterocycles. The van der Waals surface area contributed by atoms with Crippen LogP contribution < -0.4 is 5.32 Å². The van der Waals surface area contributed by atoms with E-state index >= 15 is 0 Å². The zero-order chi connectivity index (χ0) is 14.7. The lowest BCUT2D eigenvalue weighted by Crippen LogP contribution is -2.01. The number of halogens is 1. The Morgan fingerprint density at radius 1 is 1.20 bits per heavy atom. The van der Waals surface area contributed by atoms with Gasteiger partial charge in [-0.25, -0.2) is 4.39 Å². The third-order valence-electron chi connectivity index (χ3n) is 3.29. The highest BCUT2D eigenvalue weighted by molar-refractivity contribution is 5.68. The minimum absolute atomic E-state index is 0.0596. The highest BCUT2D eigenvalue weighted by Crippen LogP contribution is 2.30. The number of nitrogens with zero attached hydrogens (tertiary/aromatic N) is 1. The van der Waals surface area contributed by atoms with E-state index in [-0.39, 0.29) is 5.56 Å². The van der Waals surface area contributed by atoms with Crippen LogP contribution in [0.2, 0.25) is 0 Å². The van der Waals surface area contributed by atoms with E-state index in [4.69, 9.17) is 5.26 Å². The van der Waals surface area contributed by atoms with Crippen molar-refractivity contribution in [2.75, 3.05) is 5.32 Å². The van der Waals surface area contributed by atoms with E-state index in [1.165, 1.54) is 17.7 Å². The molecule has 0 heterocycles. The maximum absolute atomic E-state index is 13.7. The van der Waals surface area contributed by atoms with Crippen LogP contribution in [0.5, 0.6) is 0 Å². The van der Waals surface area contributed by atoms with Crippen molar-refractivity contribution in [2.24, 2.45) is 0 Å². The number of aryl methyl sites for hydroxylation is 1. The van der Waals surface area contributed by atoms with E-state index in [2.05, 4.69) is 25.2 Å². The smallest absolute Gasteiger partial charge is 0.143 e. The van der Waals surface area contributed by atoms with E-state index in [1.54, 1.807) is 6.07 Å². The van der Waals surface area contributed by atoms with Gasteiger partial charge in [0.15, 0.2) is 0 Å². The van der Waals surface area contributed by atoms with Gasteiger partial charge in [0.1, 0.15) is 11.9 Å².